The highest BCUT2D eigenvalue weighted by Crippen LogP contribution is 2.37. The fraction of sp³-hybridized carbons (Fsp3) is 0.438. The predicted octanol–water partition coefficient (Wildman–Crippen LogP) is 4.14. The maximum absolute atomic E-state index is 5.97. The molecule has 20 heavy (non-hydrogen) atoms. The van der Waals surface area contributed by atoms with E-state index in [2.05, 4.69) is 19.0 Å². The van der Waals surface area contributed by atoms with Gasteiger partial charge in [0.25, 0.3) is 0 Å². The van der Waals surface area contributed by atoms with Gasteiger partial charge in [0.1, 0.15) is 5.75 Å². The van der Waals surface area contributed by atoms with E-state index in [9.17, 15) is 0 Å². The number of nitrogens with zero attached hydrogens (tertiary/aromatic N) is 1. The first-order chi connectivity index (χ1) is 9.58. The lowest BCUT2D eigenvalue weighted by Gasteiger charge is -2.11. The minimum Gasteiger partial charge on any atom is -0.496 e. The molecular weight excluding hydrogens is 252 g/mol. The van der Waals surface area contributed by atoms with E-state index in [-0.39, 0.29) is 0 Å². The van der Waals surface area contributed by atoms with Crippen molar-refractivity contribution in [2.75, 3.05) is 12.8 Å². The van der Waals surface area contributed by atoms with Crippen molar-refractivity contribution in [3.8, 4) is 16.9 Å². The van der Waals surface area contributed by atoms with E-state index in [1.54, 1.807) is 7.11 Å². The average molecular weight is 274 g/mol. The van der Waals surface area contributed by atoms with Crippen LogP contribution in [0.15, 0.2) is 22.7 Å². The summed E-state index contributed by atoms with van der Waals surface area (Å²) in [4.78, 5) is 0. The molecule has 2 rings (SSSR count). The summed E-state index contributed by atoms with van der Waals surface area (Å²) in [5.41, 5.74) is 9.87. The Kier molecular flexibility index (Phi) is 4.32. The van der Waals surface area contributed by atoms with Crippen LogP contribution >= 0.6 is 0 Å². The van der Waals surface area contributed by atoms with Crippen LogP contribution in [0.1, 0.15) is 43.9 Å². The zero-order valence-electron chi connectivity index (χ0n) is 12.6. The Balaban J connectivity index is 2.49. The quantitative estimate of drug-likeness (QED) is 0.890. The Bertz CT molecular complexity index is 590. The van der Waals surface area contributed by atoms with Crippen molar-refractivity contribution in [1.29, 1.82) is 0 Å². The number of rotatable bonds is 5. The SMILES string of the molecule is CCCC(C)c1noc(N)c1-c1ccc(C)c(OC)c1. The monoisotopic (exact) mass is 274 g/mol. The van der Waals surface area contributed by atoms with Gasteiger partial charge in [-0.3, -0.25) is 0 Å². The second-order valence-electron chi connectivity index (χ2n) is 5.18. The Morgan fingerprint density at radius 3 is 2.80 bits per heavy atom. The van der Waals surface area contributed by atoms with Crippen molar-refractivity contribution in [1.82, 2.24) is 5.16 Å². The molecule has 0 aliphatic carbocycles. The van der Waals surface area contributed by atoms with Gasteiger partial charge in [0.2, 0.25) is 5.88 Å². The van der Waals surface area contributed by atoms with Crippen LogP contribution in [0.3, 0.4) is 0 Å². The smallest absolute Gasteiger partial charge is 0.230 e. The number of anilines is 1. The minimum absolute atomic E-state index is 0.323. The first-order valence-corrected chi connectivity index (χ1v) is 6.98. The van der Waals surface area contributed by atoms with Crippen molar-refractivity contribution in [2.45, 2.75) is 39.5 Å². The molecule has 4 nitrogen and oxygen atoms in total. The third kappa shape index (κ3) is 2.64. The largest absolute Gasteiger partial charge is 0.496 e. The van der Waals surface area contributed by atoms with Gasteiger partial charge in [-0.2, -0.15) is 0 Å². The highest BCUT2D eigenvalue weighted by Gasteiger charge is 2.20. The van der Waals surface area contributed by atoms with Crippen molar-refractivity contribution < 1.29 is 9.26 Å². The number of aryl methyl sites for hydroxylation is 1. The molecule has 0 fully saturated rings. The fourth-order valence-electron chi connectivity index (χ4n) is 2.49. The number of aromatic nitrogens is 1. The highest BCUT2D eigenvalue weighted by molar-refractivity contribution is 5.76. The summed E-state index contributed by atoms with van der Waals surface area (Å²) in [7, 11) is 1.67. The van der Waals surface area contributed by atoms with Crippen LogP contribution in [-0.4, -0.2) is 12.3 Å². The molecular formula is C16H22N2O2. The van der Waals surface area contributed by atoms with Crippen LogP contribution in [-0.2, 0) is 0 Å². The molecule has 1 atom stereocenters. The standard InChI is InChI=1S/C16H22N2O2/c1-5-6-11(3)15-14(16(17)20-18-15)12-8-7-10(2)13(9-12)19-4/h7-9,11H,5-6,17H2,1-4H3. The molecule has 0 amide bonds. The minimum atomic E-state index is 0.323. The van der Waals surface area contributed by atoms with Crippen LogP contribution in [0.4, 0.5) is 5.88 Å². The Morgan fingerprint density at radius 2 is 2.15 bits per heavy atom. The summed E-state index contributed by atoms with van der Waals surface area (Å²) in [5.74, 6) is 1.54. The van der Waals surface area contributed by atoms with Gasteiger partial charge in [-0.25, -0.2) is 0 Å². The summed E-state index contributed by atoms with van der Waals surface area (Å²) in [5, 5.41) is 4.15. The Labute approximate surface area is 119 Å². The number of methoxy groups -OCH3 is 1. The molecule has 1 heterocycles. The van der Waals surface area contributed by atoms with Gasteiger partial charge in [0.15, 0.2) is 0 Å². The molecule has 0 spiro atoms. The second-order valence-corrected chi connectivity index (χ2v) is 5.18. The number of benzene rings is 1. The van der Waals surface area contributed by atoms with E-state index in [0.717, 1.165) is 41.0 Å². The number of hydrogen-bond acceptors (Lipinski definition) is 4. The fourth-order valence-corrected chi connectivity index (χ4v) is 2.49. The summed E-state index contributed by atoms with van der Waals surface area (Å²) in [6.45, 7) is 6.32. The molecule has 1 unspecified atom stereocenters. The second kappa shape index (κ2) is 5.99. The Hall–Kier alpha value is -1.97. The van der Waals surface area contributed by atoms with Gasteiger partial charge in [-0.05, 0) is 30.5 Å². The molecule has 0 saturated heterocycles. The molecule has 0 saturated carbocycles. The van der Waals surface area contributed by atoms with Crippen LogP contribution in [0.5, 0.6) is 5.75 Å². The molecule has 0 radical (unpaired) electrons. The van der Waals surface area contributed by atoms with E-state index in [1.165, 1.54) is 0 Å². The number of nitrogen functional groups attached to an aromatic ring is 1. The molecule has 0 aliphatic rings. The molecule has 0 aliphatic heterocycles. The molecule has 4 heteroatoms. The van der Waals surface area contributed by atoms with E-state index in [1.807, 2.05) is 25.1 Å². The summed E-state index contributed by atoms with van der Waals surface area (Å²) < 4.78 is 10.6. The van der Waals surface area contributed by atoms with Gasteiger partial charge in [0, 0.05) is 5.92 Å². The topological polar surface area (TPSA) is 61.3 Å². The zero-order valence-corrected chi connectivity index (χ0v) is 12.6. The lowest BCUT2D eigenvalue weighted by Crippen LogP contribution is -1.97. The van der Waals surface area contributed by atoms with E-state index in [4.69, 9.17) is 15.0 Å². The maximum atomic E-state index is 5.97. The van der Waals surface area contributed by atoms with Gasteiger partial charge in [-0.1, -0.05) is 37.6 Å². The third-order valence-electron chi connectivity index (χ3n) is 3.63. The number of nitrogens with two attached hydrogens (primary N) is 1. The predicted molar refractivity (Wildman–Crippen MR) is 81.0 cm³/mol. The molecule has 2 N–H and O–H groups in total. The molecule has 108 valence electrons. The highest BCUT2D eigenvalue weighted by atomic mass is 16.5. The first-order valence-electron chi connectivity index (χ1n) is 6.98. The van der Waals surface area contributed by atoms with Gasteiger partial charge < -0.3 is 15.0 Å². The van der Waals surface area contributed by atoms with Gasteiger partial charge >= 0.3 is 0 Å². The molecule has 1 aromatic carbocycles. The Morgan fingerprint density at radius 1 is 1.40 bits per heavy atom. The lowest BCUT2D eigenvalue weighted by atomic mass is 9.94. The number of ether oxygens (including phenoxy) is 1. The lowest BCUT2D eigenvalue weighted by molar-refractivity contribution is 0.412. The van der Waals surface area contributed by atoms with Crippen LogP contribution < -0.4 is 10.5 Å². The van der Waals surface area contributed by atoms with Crippen LogP contribution in [0.2, 0.25) is 0 Å². The normalized spacial score (nSPS) is 12.4. The van der Waals surface area contributed by atoms with E-state index >= 15 is 0 Å². The first kappa shape index (κ1) is 14.4. The van der Waals surface area contributed by atoms with Crippen molar-refractivity contribution in [3.05, 3.63) is 29.5 Å². The third-order valence-corrected chi connectivity index (χ3v) is 3.63. The zero-order chi connectivity index (χ0) is 14.7. The van der Waals surface area contributed by atoms with E-state index < -0.39 is 0 Å². The molecule has 0 bridgehead atoms. The molecule has 2 aromatic rings. The van der Waals surface area contributed by atoms with Gasteiger partial charge in [-0.15, -0.1) is 0 Å². The van der Waals surface area contributed by atoms with Gasteiger partial charge in [0.05, 0.1) is 18.4 Å². The van der Waals surface area contributed by atoms with Crippen molar-refractivity contribution in [2.24, 2.45) is 0 Å². The molecule has 1 aromatic heterocycles. The van der Waals surface area contributed by atoms with Crippen LogP contribution in [0.25, 0.3) is 11.1 Å². The summed E-state index contributed by atoms with van der Waals surface area (Å²) in [6.07, 6.45) is 2.16. The summed E-state index contributed by atoms with van der Waals surface area (Å²) in [6, 6.07) is 6.04. The average Bonchev–Trinajstić information content (AvgIpc) is 2.82. The van der Waals surface area contributed by atoms with E-state index in [0.29, 0.717) is 11.8 Å². The maximum Gasteiger partial charge on any atom is 0.230 e. The number of hydrogen-bond donors (Lipinski definition) is 1. The van der Waals surface area contributed by atoms with Crippen LogP contribution in [0, 0.1) is 6.92 Å². The van der Waals surface area contributed by atoms with Crippen molar-refractivity contribution in [3.63, 3.8) is 0 Å². The van der Waals surface area contributed by atoms with Crippen molar-refractivity contribution >= 4 is 5.88 Å². The summed E-state index contributed by atoms with van der Waals surface area (Å²) >= 11 is 0.